The molecule has 0 saturated heterocycles. The molecule has 0 aromatic heterocycles. The van der Waals surface area contributed by atoms with Gasteiger partial charge in [0.05, 0.1) is 19.8 Å². The molecular formula is C15H17BrO3. The topological polar surface area (TPSA) is 35.5 Å². The van der Waals surface area contributed by atoms with Gasteiger partial charge in [0.2, 0.25) is 0 Å². The maximum absolute atomic E-state index is 12.6. The van der Waals surface area contributed by atoms with E-state index in [1.807, 2.05) is 12.1 Å². The fourth-order valence-electron chi connectivity index (χ4n) is 3.48. The Balaban J connectivity index is 1.92. The number of ketones is 1. The smallest absolute Gasteiger partial charge is 0.170 e. The lowest BCUT2D eigenvalue weighted by Crippen LogP contribution is -2.09. The van der Waals surface area contributed by atoms with E-state index >= 15 is 0 Å². The quantitative estimate of drug-likeness (QED) is 0.792. The van der Waals surface area contributed by atoms with E-state index in [-0.39, 0.29) is 11.7 Å². The molecule has 2 unspecified atom stereocenters. The number of hydrogen-bond donors (Lipinski definition) is 0. The summed E-state index contributed by atoms with van der Waals surface area (Å²) in [5, 5.41) is 0. The van der Waals surface area contributed by atoms with Gasteiger partial charge in [-0.3, -0.25) is 4.79 Å². The maximum Gasteiger partial charge on any atom is 0.170 e. The zero-order valence-corrected chi connectivity index (χ0v) is 12.7. The van der Waals surface area contributed by atoms with Crippen molar-refractivity contribution in [2.75, 3.05) is 14.2 Å². The summed E-state index contributed by atoms with van der Waals surface area (Å²) in [6.45, 7) is 0. The van der Waals surface area contributed by atoms with Gasteiger partial charge in [-0.05, 0) is 52.7 Å². The number of carbonyl (C=O) groups is 1. The van der Waals surface area contributed by atoms with Crippen LogP contribution in [0.4, 0.5) is 0 Å². The number of fused-ring (bicyclic) bond motifs is 1. The summed E-state index contributed by atoms with van der Waals surface area (Å²) >= 11 is 3.45. The van der Waals surface area contributed by atoms with Crippen molar-refractivity contribution in [3.8, 4) is 11.5 Å². The van der Waals surface area contributed by atoms with E-state index in [0.717, 1.165) is 0 Å². The third kappa shape index (κ3) is 1.97. The fourth-order valence-corrected chi connectivity index (χ4v) is 4.15. The first-order chi connectivity index (χ1) is 9.19. The van der Waals surface area contributed by atoms with Crippen molar-refractivity contribution in [3.63, 3.8) is 0 Å². The number of ether oxygens (including phenoxy) is 2. The molecule has 0 radical (unpaired) electrons. The molecule has 0 heterocycles. The van der Waals surface area contributed by atoms with Gasteiger partial charge >= 0.3 is 0 Å². The highest BCUT2D eigenvalue weighted by Crippen LogP contribution is 2.59. The van der Waals surface area contributed by atoms with E-state index in [4.69, 9.17) is 9.47 Å². The van der Waals surface area contributed by atoms with Gasteiger partial charge in [0.25, 0.3) is 0 Å². The zero-order valence-electron chi connectivity index (χ0n) is 11.1. The van der Waals surface area contributed by atoms with E-state index < -0.39 is 0 Å². The van der Waals surface area contributed by atoms with E-state index in [0.29, 0.717) is 33.4 Å². The second kappa shape index (κ2) is 4.82. The van der Waals surface area contributed by atoms with Crippen molar-refractivity contribution in [2.24, 2.45) is 17.8 Å². The highest BCUT2D eigenvalue weighted by Gasteiger charge is 2.56. The van der Waals surface area contributed by atoms with E-state index in [2.05, 4.69) is 15.9 Å². The minimum atomic E-state index is 0.225. The molecule has 0 amide bonds. The maximum atomic E-state index is 12.6. The van der Waals surface area contributed by atoms with Crippen molar-refractivity contribution in [3.05, 3.63) is 22.2 Å². The molecule has 1 aromatic carbocycles. The number of rotatable bonds is 4. The predicted molar refractivity (Wildman–Crippen MR) is 75.9 cm³/mol. The van der Waals surface area contributed by atoms with Gasteiger partial charge in [0, 0.05) is 5.92 Å². The van der Waals surface area contributed by atoms with Gasteiger partial charge in [-0.15, -0.1) is 0 Å². The van der Waals surface area contributed by atoms with Gasteiger partial charge in [0.15, 0.2) is 5.78 Å². The molecule has 2 saturated carbocycles. The normalized spacial score (nSPS) is 27.8. The van der Waals surface area contributed by atoms with Crippen LogP contribution in [-0.4, -0.2) is 20.0 Å². The Morgan fingerprint density at radius 3 is 2.47 bits per heavy atom. The van der Waals surface area contributed by atoms with Gasteiger partial charge < -0.3 is 9.47 Å². The minimum absolute atomic E-state index is 0.225. The average molecular weight is 325 g/mol. The van der Waals surface area contributed by atoms with Crippen molar-refractivity contribution in [1.82, 2.24) is 0 Å². The average Bonchev–Trinajstić information content (AvgIpc) is 2.90. The van der Waals surface area contributed by atoms with Crippen molar-refractivity contribution >= 4 is 21.7 Å². The van der Waals surface area contributed by atoms with Crippen LogP contribution in [0, 0.1) is 17.8 Å². The van der Waals surface area contributed by atoms with Crippen LogP contribution in [0.2, 0.25) is 0 Å². The first-order valence-electron chi connectivity index (χ1n) is 6.63. The summed E-state index contributed by atoms with van der Waals surface area (Å²) in [7, 11) is 3.19. The molecule has 2 atom stereocenters. The van der Waals surface area contributed by atoms with Gasteiger partial charge in [0.1, 0.15) is 16.0 Å². The fraction of sp³-hybridized carbons (Fsp3) is 0.533. The number of halogens is 1. The molecule has 1 aromatic rings. The minimum Gasteiger partial charge on any atom is -0.495 e. The van der Waals surface area contributed by atoms with Crippen molar-refractivity contribution < 1.29 is 14.3 Å². The summed E-state index contributed by atoms with van der Waals surface area (Å²) in [4.78, 5) is 12.6. The van der Waals surface area contributed by atoms with Crippen LogP contribution < -0.4 is 9.47 Å². The zero-order chi connectivity index (χ0) is 13.6. The van der Waals surface area contributed by atoms with Crippen molar-refractivity contribution in [2.45, 2.75) is 19.3 Å². The number of benzene rings is 1. The van der Waals surface area contributed by atoms with Crippen LogP contribution in [0.3, 0.4) is 0 Å². The predicted octanol–water partition coefficient (Wildman–Crippen LogP) is 3.70. The van der Waals surface area contributed by atoms with Crippen LogP contribution in [0.1, 0.15) is 29.6 Å². The Morgan fingerprint density at radius 2 is 1.89 bits per heavy atom. The molecule has 0 spiro atoms. The molecule has 0 N–H and O–H groups in total. The number of hydrogen-bond acceptors (Lipinski definition) is 3. The summed E-state index contributed by atoms with van der Waals surface area (Å²) < 4.78 is 11.3. The second-order valence-electron chi connectivity index (χ2n) is 5.31. The first-order valence-corrected chi connectivity index (χ1v) is 7.43. The van der Waals surface area contributed by atoms with Gasteiger partial charge in [-0.2, -0.15) is 0 Å². The third-order valence-corrected chi connectivity index (χ3v) is 5.21. The lowest BCUT2D eigenvalue weighted by atomic mass is 10.0. The molecule has 4 heteroatoms. The van der Waals surface area contributed by atoms with Crippen LogP contribution >= 0.6 is 15.9 Å². The Bertz CT molecular complexity index is 516. The Morgan fingerprint density at radius 1 is 1.21 bits per heavy atom. The highest BCUT2D eigenvalue weighted by molar-refractivity contribution is 9.10. The summed E-state index contributed by atoms with van der Waals surface area (Å²) in [6, 6.07) is 3.64. The summed E-state index contributed by atoms with van der Waals surface area (Å²) in [5.41, 5.74) is 0.676. The standard InChI is InChI=1S/C15H17BrO3/c1-18-11-7-6-10(15(19-2)13(11)16)14(17)12-8-4-3-5-9(8)12/h6-9,12H,3-5H2,1-2H3. The summed E-state index contributed by atoms with van der Waals surface area (Å²) in [5.74, 6) is 2.98. The summed E-state index contributed by atoms with van der Waals surface area (Å²) in [6.07, 6.45) is 3.70. The third-order valence-electron chi connectivity index (χ3n) is 4.46. The monoisotopic (exact) mass is 324 g/mol. The molecule has 3 nitrogen and oxygen atoms in total. The highest BCUT2D eigenvalue weighted by atomic mass is 79.9. The molecule has 0 aliphatic heterocycles. The first kappa shape index (κ1) is 13.0. The van der Waals surface area contributed by atoms with Crippen LogP contribution in [-0.2, 0) is 0 Å². The molecule has 0 bridgehead atoms. The number of Topliss-reactive ketones (excluding diaryl/α,β-unsaturated/α-hetero) is 1. The van der Waals surface area contributed by atoms with E-state index in [1.54, 1.807) is 14.2 Å². The van der Waals surface area contributed by atoms with Crippen LogP contribution in [0.5, 0.6) is 11.5 Å². The molecule has 19 heavy (non-hydrogen) atoms. The lowest BCUT2D eigenvalue weighted by Gasteiger charge is -2.13. The molecule has 2 fully saturated rings. The van der Waals surface area contributed by atoms with E-state index in [1.165, 1.54) is 19.3 Å². The Labute approximate surface area is 121 Å². The second-order valence-corrected chi connectivity index (χ2v) is 6.10. The van der Waals surface area contributed by atoms with Gasteiger partial charge in [-0.25, -0.2) is 0 Å². The van der Waals surface area contributed by atoms with Crippen LogP contribution in [0.15, 0.2) is 16.6 Å². The largest absolute Gasteiger partial charge is 0.495 e. The molecule has 2 aliphatic rings. The van der Waals surface area contributed by atoms with Gasteiger partial charge in [-0.1, -0.05) is 6.42 Å². The Hall–Kier alpha value is -1.03. The number of methoxy groups -OCH3 is 2. The Kier molecular flexibility index (Phi) is 3.29. The number of carbonyl (C=O) groups excluding carboxylic acids is 1. The molecular weight excluding hydrogens is 308 g/mol. The molecule has 2 aliphatic carbocycles. The lowest BCUT2D eigenvalue weighted by molar-refractivity contribution is 0.0948. The van der Waals surface area contributed by atoms with E-state index in [9.17, 15) is 4.79 Å². The SMILES string of the molecule is COc1ccc(C(=O)C2C3CCCC32)c(OC)c1Br. The van der Waals surface area contributed by atoms with Crippen LogP contribution in [0.25, 0.3) is 0 Å². The molecule has 102 valence electrons. The van der Waals surface area contributed by atoms with Crippen molar-refractivity contribution in [1.29, 1.82) is 0 Å². The molecule has 3 rings (SSSR count).